The van der Waals surface area contributed by atoms with E-state index in [0.717, 1.165) is 5.56 Å². The van der Waals surface area contributed by atoms with Gasteiger partial charge in [-0.1, -0.05) is 42.1 Å². The van der Waals surface area contributed by atoms with Crippen LogP contribution in [0.3, 0.4) is 0 Å². The third kappa shape index (κ3) is 3.67. The summed E-state index contributed by atoms with van der Waals surface area (Å²) in [5.41, 5.74) is 7.42. The molecule has 7 heteroatoms. The first-order valence-electron chi connectivity index (χ1n) is 6.63. The lowest BCUT2D eigenvalue weighted by Crippen LogP contribution is -2.32. The molecule has 1 aliphatic rings. The van der Waals surface area contributed by atoms with E-state index in [-0.39, 0.29) is 11.7 Å². The van der Waals surface area contributed by atoms with Crippen LogP contribution in [0.25, 0.3) is 0 Å². The molecule has 3 N–H and O–H groups in total. The number of thioether (sulfide) groups is 1. The molecule has 2 rings (SSSR count). The van der Waals surface area contributed by atoms with Crippen LogP contribution in [-0.4, -0.2) is 29.9 Å². The van der Waals surface area contributed by atoms with E-state index in [0.29, 0.717) is 16.4 Å². The van der Waals surface area contributed by atoms with Gasteiger partial charge in [-0.05, 0) is 12.5 Å². The molecule has 0 aliphatic carbocycles. The van der Waals surface area contributed by atoms with Crippen molar-refractivity contribution < 1.29 is 14.3 Å². The van der Waals surface area contributed by atoms with Crippen molar-refractivity contribution in [2.45, 2.75) is 13.0 Å². The standard InChI is InChI=1S/C15H17N3O3S/c1-9-12(14(16)20)13(10-6-4-3-5-7-10)18-15(17-9)22-8-11(19)21-2/h3-7,13H,8H2,1-2H3,(H2,16,20)(H,17,18)/t13-/m0/s1. The Kier molecular flexibility index (Phi) is 5.21. The highest BCUT2D eigenvalue weighted by molar-refractivity contribution is 8.14. The molecule has 6 nitrogen and oxygen atoms in total. The van der Waals surface area contributed by atoms with Gasteiger partial charge in [0.15, 0.2) is 5.17 Å². The number of primary amides is 1. The van der Waals surface area contributed by atoms with Crippen LogP contribution in [-0.2, 0) is 14.3 Å². The Morgan fingerprint density at radius 1 is 1.36 bits per heavy atom. The van der Waals surface area contributed by atoms with Crippen LogP contribution in [0.5, 0.6) is 0 Å². The average Bonchev–Trinajstić information content (AvgIpc) is 2.52. The van der Waals surface area contributed by atoms with Crippen LogP contribution in [0.1, 0.15) is 18.5 Å². The normalized spacial score (nSPS) is 17.5. The van der Waals surface area contributed by atoms with Gasteiger partial charge in [0.05, 0.1) is 18.4 Å². The van der Waals surface area contributed by atoms with Crippen LogP contribution in [0.15, 0.2) is 46.6 Å². The van der Waals surface area contributed by atoms with Gasteiger partial charge in [-0.3, -0.25) is 9.59 Å². The summed E-state index contributed by atoms with van der Waals surface area (Å²) in [6.07, 6.45) is 0. The Balaban J connectivity index is 2.30. The molecule has 0 saturated heterocycles. The molecule has 0 unspecified atom stereocenters. The van der Waals surface area contributed by atoms with Crippen LogP contribution in [0, 0.1) is 0 Å². The van der Waals surface area contributed by atoms with Gasteiger partial charge >= 0.3 is 5.97 Å². The molecule has 1 atom stereocenters. The third-order valence-corrected chi connectivity index (χ3v) is 4.01. The number of nitrogens with one attached hydrogen (secondary N) is 1. The maximum Gasteiger partial charge on any atom is 0.316 e. The molecule has 0 bridgehead atoms. The molecule has 1 aromatic carbocycles. The Morgan fingerprint density at radius 2 is 2.05 bits per heavy atom. The van der Waals surface area contributed by atoms with Gasteiger partial charge in [-0.25, -0.2) is 4.99 Å². The molecule has 1 amide bonds. The van der Waals surface area contributed by atoms with E-state index in [9.17, 15) is 9.59 Å². The van der Waals surface area contributed by atoms with E-state index in [4.69, 9.17) is 5.73 Å². The zero-order valence-corrected chi connectivity index (χ0v) is 13.1. The Bertz CT molecular complexity index is 641. The number of methoxy groups -OCH3 is 1. The molecular formula is C15H17N3O3S. The minimum absolute atomic E-state index is 0.142. The van der Waals surface area contributed by atoms with E-state index in [1.807, 2.05) is 30.3 Å². The number of amidine groups is 1. The third-order valence-electron chi connectivity index (χ3n) is 3.15. The van der Waals surface area contributed by atoms with Crippen molar-refractivity contribution >= 4 is 28.8 Å². The highest BCUT2D eigenvalue weighted by Crippen LogP contribution is 2.31. The minimum Gasteiger partial charge on any atom is -0.468 e. The van der Waals surface area contributed by atoms with Crippen molar-refractivity contribution in [1.29, 1.82) is 0 Å². The van der Waals surface area contributed by atoms with Gasteiger partial charge in [0.1, 0.15) is 6.04 Å². The number of amides is 1. The number of nitrogens with zero attached hydrogens (tertiary/aromatic N) is 1. The van der Waals surface area contributed by atoms with Crippen molar-refractivity contribution in [1.82, 2.24) is 5.32 Å². The van der Waals surface area contributed by atoms with Gasteiger partial charge in [0.25, 0.3) is 0 Å². The molecule has 22 heavy (non-hydrogen) atoms. The quantitative estimate of drug-likeness (QED) is 0.817. The van der Waals surface area contributed by atoms with Gasteiger partial charge in [0, 0.05) is 5.70 Å². The number of rotatable bonds is 4. The highest BCUT2D eigenvalue weighted by Gasteiger charge is 2.27. The fraction of sp³-hybridized carbons (Fsp3) is 0.267. The maximum atomic E-state index is 11.7. The molecule has 116 valence electrons. The van der Waals surface area contributed by atoms with Crippen LogP contribution in [0.4, 0.5) is 0 Å². The molecule has 1 aromatic rings. The second-order valence-corrected chi connectivity index (χ2v) is 5.60. The highest BCUT2D eigenvalue weighted by atomic mass is 32.2. The average molecular weight is 319 g/mol. The van der Waals surface area contributed by atoms with Crippen molar-refractivity contribution in [3.05, 3.63) is 47.2 Å². The first-order chi connectivity index (χ1) is 10.5. The zero-order valence-electron chi connectivity index (χ0n) is 12.3. The smallest absolute Gasteiger partial charge is 0.316 e. The predicted molar refractivity (Wildman–Crippen MR) is 86.1 cm³/mol. The number of ether oxygens (including phenoxy) is 1. The largest absolute Gasteiger partial charge is 0.468 e. The molecule has 1 heterocycles. The summed E-state index contributed by atoms with van der Waals surface area (Å²) in [5.74, 6) is -0.712. The van der Waals surface area contributed by atoms with E-state index in [2.05, 4.69) is 15.0 Å². The molecule has 0 spiro atoms. The number of nitrogens with two attached hydrogens (primary N) is 1. The van der Waals surface area contributed by atoms with Crippen LogP contribution < -0.4 is 11.1 Å². The lowest BCUT2D eigenvalue weighted by molar-refractivity contribution is -0.137. The molecule has 0 fully saturated rings. The summed E-state index contributed by atoms with van der Waals surface area (Å²) >= 11 is 1.22. The number of hydrogen-bond acceptors (Lipinski definition) is 6. The molecule has 0 aromatic heterocycles. The van der Waals surface area contributed by atoms with Crippen molar-refractivity contribution in [2.24, 2.45) is 10.7 Å². The van der Waals surface area contributed by atoms with E-state index < -0.39 is 11.9 Å². The summed E-state index contributed by atoms with van der Waals surface area (Å²) < 4.78 is 4.61. The Morgan fingerprint density at radius 3 is 2.64 bits per heavy atom. The summed E-state index contributed by atoms with van der Waals surface area (Å²) in [6.45, 7) is 1.77. The Labute approximate surface area is 132 Å². The van der Waals surface area contributed by atoms with Gasteiger partial charge in [-0.2, -0.15) is 0 Å². The first kappa shape index (κ1) is 16.1. The molecular weight excluding hydrogens is 302 g/mol. The number of esters is 1. The van der Waals surface area contributed by atoms with Gasteiger partial charge < -0.3 is 15.8 Å². The SMILES string of the molecule is COC(=O)CSC1=N[C@@H](c2ccccc2)C(C(N)=O)=C(C)N1. The number of hydrogen-bond donors (Lipinski definition) is 2. The van der Waals surface area contributed by atoms with E-state index in [1.54, 1.807) is 6.92 Å². The van der Waals surface area contributed by atoms with E-state index in [1.165, 1.54) is 18.9 Å². The number of benzene rings is 1. The number of allylic oxidation sites excluding steroid dienone is 1. The summed E-state index contributed by atoms with van der Waals surface area (Å²) in [5, 5.41) is 3.57. The van der Waals surface area contributed by atoms with Crippen molar-refractivity contribution in [3.63, 3.8) is 0 Å². The van der Waals surface area contributed by atoms with Gasteiger partial charge in [-0.15, -0.1) is 0 Å². The summed E-state index contributed by atoms with van der Waals surface area (Å²) in [6, 6.07) is 8.95. The predicted octanol–water partition coefficient (Wildman–Crippen LogP) is 1.35. The second kappa shape index (κ2) is 7.13. The fourth-order valence-corrected chi connectivity index (χ4v) is 2.88. The van der Waals surface area contributed by atoms with E-state index >= 15 is 0 Å². The lowest BCUT2D eigenvalue weighted by atomic mass is 9.96. The van der Waals surface area contributed by atoms with Crippen LogP contribution in [0.2, 0.25) is 0 Å². The number of carbonyl (C=O) groups is 2. The number of aliphatic imine (C=N–C) groups is 1. The van der Waals surface area contributed by atoms with Gasteiger partial charge in [0.2, 0.25) is 5.91 Å². The van der Waals surface area contributed by atoms with Crippen molar-refractivity contribution in [3.8, 4) is 0 Å². The fourth-order valence-electron chi connectivity index (χ4n) is 2.10. The summed E-state index contributed by atoms with van der Waals surface area (Å²) in [7, 11) is 1.34. The Hall–Kier alpha value is -2.28. The lowest BCUT2D eigenvalue weighted by Gasteiger charge is -2.25. The maximum absolute atomic E-state index is 11.7. The molecule has 1 aliphatic heterocycles. The minimum atomic E-state index is -0.514. The van der Waals surface area contributed by atoms with Crippen molar-refractivity contribution in [2.75, 3.05) is 12.9 Å². The molecule has 0 radical (unpaired) electrons. The number of carbonyl (C=O) groups excluding carboxylic acids is 2. The topological polar surface area (TPSA) is 93.8 Å². The zero-order chi connectivity index (χ0) is 16.1. The summed E-state index contributed by atoms with van der Waals surface area (Å²) in [4.78, 5) is 27.5. The van der Waals surface area contributed by atoms with Crippen LogP contribution >= 0.6 is 11.8 Å². The first-order valence-corrected chi connectivity index (χ1v) is 7.61. The second-order valence-electron chi connectivity index (χ2n) is 4.64. The molecule has 0 saturated carbocycles. The monoisotopic (exact) mass is 319 g/mol.